The zero-order chi connectivity index (χ0) is 19.8. The van der Waals surface area contributed by atoms with Crippen LogP contribution in [-0.4, -0.2) is 42.9 Å². The Balaban J connectivity index is 1.76. The summed E-state index contributed by atoms with van der Waals surface area (Å²) >= 11 is 11.7. The third kappa shape index (κ3) is 6.92. The quantitative estimate of drug-likeness (QED) is 0.713. The normalized spacial score (nSPS) is 10.2. The van der Waals surface area contributed by atoms with Gasteiger partial charge in [0.1, 0.15) is 0 Å². The number of nitrogens with one attached hydrogen (secondary N) is 1. The summed E-state index contributed by atoms with van der Waals surface area (Å²) in [6.07, 6.45) is 0.0289. The minimum atomic E-state index is -0.542. The lowest BCUT2D eigenvalue weighted by Gasteiger charge is -2.17. The van der Waals surface area contributed by atoms with Crippen molar-refractivity contribution < 1.29 is 19.1 Å². The molecular formula is C19H18Cl2N2O4. The zero-order valence-corrected chi connectivity index (χ0v) is 16.1. The van der Waals surface area contributed by atoms with Crippen molar-refractivity contribution in [3.63, 3.8) is 0 Å². The molecule has 0 aromatic heterocycles. The maximum Gasteiger partial charge on any atom is 0.310 e. The average Bonchev–Trinajstić information content (AvgIpc) is 2.63. The van der Waals surface area contributed by atoms with Crippen molar-refractivity contribution in [3.8, 4) is 0 Å². The van der Waals surface area contributed by atoms with Gasteiger partial charge in [-0.15, -0.1) is 0 Å². The Bertz CT molecular complexity index is 825. The summed E-state index contributed by atoms with van der Waals surface area (Å²) in [6.45, 7) is -0.638. The molecule has 6 nitrogen and oxygen atoms in total. The summed E-state index contributed by atoms with van der Waals surface area (Å²) < 4.78 is 4.96. The molecule has 0 spiro atoms. The van der Waals surface area contributed by atoms with E-state index in [4.69, 9.17) is 27.9 Å². The Labute approximate surface area is 167 Å². The molecule has 0 fully saturated rings. The predicted octanol–water partition coefficient (Wildman–Crippen LogP) is 3.18. The number of likely N-dealkylation sites (N-methyl/N-ethyl adjacent to an activating group) is 1. The van der Waals surface area contributed by atoms with Crippen LogP contribution in [0.2, 0.25) is 10.0 Å². The Morgan fingerprint density at radius 1 is 1.04 bits per heavy atom. The van der Waals surface area contributed by atoms with Crippen LogP contribution in [0.1, 0.15) is 5.56 Å². The molecule has 0 unspecified atom stereocenters. The molecule has 27 heavy (non-hydrogen) atoms. The van der Waals surface area contributed by atoms with Crippen molar-refractivity contribution >= 4 is 46.7 Å². The molecule has 1 N–H and O–H groups in total. The van der Waals surface area contributed by atoms with Gasteiger partial charge in [0.2, 0.25) is 5.91 Å². The topological polar surface area (TPSA) is 75.7 Å². The summed E-state index contributed by atoms with van der Waals surface area (Å²) in [6, 6.07) is 13.5. The number of carbonyl (C=O) groups is 3. The summed E-state index contributed by atoms with van der Waals surface area (Å²) in [5.41, 5.74) is 1.18. The van der Waals surface area contributed by atoms with Crippen LogP contribution in [0.3, 0.4) is 0 Å². The molecule has 2 amide bonds. The number of amides is 2. The van der Waals surface area contributed by atoms with Gasteiger partial charge in [0, 0.05) is 12.1 Å². The minimum absolute atomic E-state index is 0.0289. The molecule has 0 saturated carbocycles. The number of esters is 1. The molecule has 0 aliphatic heterocycles. The van der Waals surface area contributed by atoms with Gasteiger partial charge in [0.25, 0.3) is 5.91 Å². The molecule has 0 radical (unpaired) electrons. The Morgan fingerprint density at radius 3 is 2.37 bits per heavy atom. The van der Waals surface area contributed by atoms with Gasteiger partial charge in [-0.3, -0.25) is 14.4 Å². The van der Waals surface area contributed by atoms with Gasteiger partial charge in [-0.2, -0.15) is 0 Å². The Kier molecular flexibility index (Phi) is 7.64. The lowest BCUT2D eigenvalue weighted by Crippen LogP contribution is -2.37. The first kappa shape index (κ1) is 20.7. The SMILES string of the molecule is CN(CC(=O)Nc1ccccc1Cl)C(=O)COC(=O)Cc1ccc(Cl)cc1. The molecule has 0 aliphatic carbocycles. The monoisotopic (exact) mass is 408 g/mol. The van der Waals surface area contributed by atoms with E-state index in [1.807, 2.05) is 0 Å². The summed E-state index contributed by atoms with van der Waals surface area (Å²) in [5.74, 6) is -1.44. The fourth-order valence-electron chi connectivity index (χ4n) is 2.13. The highest BCUT2D eigenvalue weighted by Crippen LogP contribution is 2.20. The average molecular weight is 409 g/mol. The van der Waals surface area contributed by atoms with Crippen molar-refractivity contribution in [3.05, 3.63) is 64.1 Å². The number of nitrogens with zero attached hydrogens (tertiary/aromatic N) is 1. The molecule has 2 aromatic rings. The van der Waals surface area contributed by atoms with Gasteiger partial charge in [-0.1, -0.05) is 47.5 Å². The lowest BCUT2D eigenvalue weighted by atomic mass is 10.1. The molecule has 2 aromatic carbocycles. The van der Waals surface area contributed by atoms with E-state index in [0.29, 0.717) is 15.7 Å². The number of rotatable bonds is 7. The third-order valence-corrected chi connectivity index (χ3v) is 4.15. The standard InChI is InChI=1S/C19H18Cl2N2O4/c1-23(11-17(24)22-16-5-3-2-4-15(16)21)18(25)12-27-19(26)10-13-6-8-14(20)9-7-13/h2-9H,10-12H2,1H3,(H,22,24). The predicted molar refractivity (Wildman–Crippen MR) is 104 cm³/mol. The Morgan fingerprint density at radius 2 is 1.70 bits per heavy atom. The highest BCUT2D eigenvalue weighted by Gasteiger charge is 2.16. The number of hydrogen-bond donors (Lipinski definition) is 1. The lowest BCUT2D eigenvalue weighted by molar-refractivity contribution is -0.151. The molecule has 8 heteroatoms. The third-order valence-electron chi connectivity index (χ3n) is 3.57. The largest absolute Gasteiger partial charge is 0.455 e. The molecule has 0 heterocycles. The number of carbonyl (C=O) groups excluding carboxylic acids is 3. The summed E-state index contributed by atoms with van der Waals surface area (Å²) in [7, 11) is 1.45. The van der Waals surface area contributed by atoms with Gasteiger partial charge in [-0.05, 0) is 29.8 Å². The van der Waals surface area contributed by atoms with E-state index in [1.54, 1.807) is 48.5 Å². The first-order chi connectivity index (χ1) is 12.8. The van der Waals surface area contributed by atoms with Crippen LogP contribution >= 0.6 is 23.2 Å². The van der Waals surface area contributed by atoms with E-state index in [1.165, 1.54) is 11.9 Å². The van der Waals surface area contributed by atoms with Gasteiger partial charge < -0.3 is 15.0 Å². The smallest absolute Gasteiger partial charge is 0.310 e. The number of halogens is 2. The van der Waals surface area contributed by atoms with Crippen LogP contribution in [0.4, 0.5) is 5.69 Å². The molecule has 2 rings (SSSR count). The van der Waals surface area contributed by atoms with E-state index in [9.17, 15) is 14.4 Å². The van der Waals surface area contributed by atoms with Crippen molar-refractivity contribution in [2.24, 2.45) is 0 Å². The van der Waals surface area contributed by atoms with E-state index >= 15 is 0 Å². The van der Waals surface area contributed by atoms with Crippen LogP contribution in [0.5, 0.6) is 0 Å². The number of anilines is 1. The molecule has 0 saturated heterocycles. The van der Waals surface area contributed by atoms with Gasteiger partial charge in [-0.25, -0.2) is 0 Å². The van der Waals surface area contributed by atoms with Gasteiger partial charge >= 0.3 is 5.97 Å². The van der Waals surface area contributed by atoms with E-state index in [2.05, 4.69) is 5.32 Å². The van der Waals surface area contributed by atoms with Crippen molar-refractivity contribution in [1.29, 1.82) is 0 Å². The maximum absolute atomic E-state index is 12.0. The van der Waals surface area contributed by atoms with Crippen LogP contribution < -0.4 is 5.32 Å². The first-order valence-electron chi connectivity index (χ1n) is 8.03. The summed E-state index contributed by atoms with van der Waals surface area (Å²) in [5, 5.41) is 3.58. The number of hydrogen-bond acceptors (Lipinski definition) is 4. The maximum atomic E-state index is 12.0. The Hall–Kier alpha value is -2.57. The molecule has 0 bridgehead atoms. The second kappa shape index (κ2) is 9.94. The minimum Gasteiger partial charge on any atom is -0.455 e. The highest BCUT2D eigenvalue weighted by atomic mass is 35.5. The zero-order valence-electron chi connectivity index (χ0n) is 14.6. The van der Waals surface area contributed by atoms with E-state index in [0.717, 1.165) is 5.56 Å². The first-order valence-corrected chi connectivity index (χ1v) is 8.79. The van der Waals surface area contributed by atoms with Crippen molar-refractivity contribution in [1.82, 2.24) is 4.90 Å². The molecule has 0 aliphatic rings. The van der Waals surface area contributed by atoms with Crippen LogP contribution in [0, 0.1) is 0 Å². The van der Waals surface area contributed by atoms with Crippen LogP contribution in [0.25, 0.3) is 0 Å². The summed E-state index contributed by atoms with van der Waals surface area (Å²) in [4.78, 5) is 37.0. The second-order valence-corrected chi connectivity index (χ2v) is 6.59. The van der Waals surface area contributed by atoms with Gasteiger partial charge in [0.05, 0.1) is 23.7 Å². The molecule has 142 valence electrons. The highest BCUT2D eigenvalue weighted by molar-refractivity contribution is 6.33. The van der Waals surface area contributed by atoms with Crippen LogP contribution in [-0.2, 0) is 25.5 Å². The van der Waals surface area contributed by atoms with Gasteiger partial charge in [0.15, 0.2) is 6.61 Å². The van der Waals surface area contributed by atoms with Crippen molar-refractivity contribution in [2.45, 2.75) is 6.42 Å². The second-order valence-electron chi connectivity index (χ2n) is 5.74. The number of benzene rings is 2. The van der Waals surface area contributed by atoms with E-state index < -0.39 is 24.4 Å². The fraction of sp³-hybridized carbons (Fsp3) is 0.211. The van der Waals surface area contributed by atoms with Crippen LogP contribution in [0.15, 0.2) is 48.5 Å². The van der Waals surface area contributed by atoms with Crippen molar-refractivity contribution in [2.75, 3.05) is 25.5 Å². The number of ether oxygens (including phenoxy) is 1. The molecular weight excluding hydrogens is 391 g/mol. The molecule has 0 atom stereocenters. The fourth-order valence-corrected chi connectivity index (χ4v) is 2.44. The van der Waals surface area contributed by atoms with E-state index in [-0.39, 0.29) is 13.0 Å². The number of para-hydroxylation sites is 1.